The predicted octanol–water partition coefficient (Wildman–Crippen LogP) is 6.53. The molecule has 0 spiro atoms. The fourth-order valence-electron chi connectivity index (χ4n) is 3.35. The maximum Gasteiger partial charge on any atom is 0.412 e. The van der Waals surface area contributed by atoms with Crippen LogP contribution in [0.3, 0.4) is 0 Å². The van der Waals surface area contributed by atoms with Gasteiger partial charge in [0.1, 0.15) is 42.5 Å². The van der Waals surface area contributed by atoms with E-state index in [-0.39, 0.29) is 31.3 Å². The zero-order valence-corrected chi connectivity index (χ0v) is 28.1. The van der Waals surface area contributed by atoms with Crippen LogP contribution in [0.15, 0.2) is 77.7 Å². The van der Waals surface area contributed by atoms with Gasteiger partial charge in [0.2, 0.25) is 0 Å². The molecule has 0 aliphatic heterocycles. The summed E-state index contributed by atoms with van der Waals surface area (Å²) < 4.78 is 50.1. The van der Waals surface area contributed by atoms with Crippen molar-refractivity contribution in [2.75, 3.05) is 37.1 Å². The number of rotatable bonds is 11. The van der Waals surface area contributed by atoms with Gasteiger partial charge in [-0.2, -0.15) is 8.42 Å². The lowest BCUT2D eigenvalue weighted by Crippen LogP contribution is -2.27. The lowest BCUT2D eigenvalue weighted by atomic mass is 10.2. The number of aliphatic hydroxyl groups excluding tert-OH is 1. The minimum Gasteiger partial charge on any atom is -0.491 e. The Morgan fingerprint density at radius 3 is 1.46 bits per heavy atom. The molecule has 0 saturated heterocycles. The van der Waals surface area contributed by atoms with Crippen LogP contribution in [-0.4, -0.2) is 63.3 Å². The zero-order chi connectivity index (χ0) is 34.4. The smallest absolute Gasteiger partial charge is 0.412 e. The van der Waals surface area contributed by atoms with Crippen LogP contribution < -0.4 is 20.1 Å². The molecule has 12 nitrogen and oxygen atoms in total. The quantitative estimate of drug-likeness (QED) is 0.152. The van der Waals surface area contributed by atoms with Crippen LogP contribution in [0.25, 0.3) is 0 Å². The van der Waals surface area contributed by atoms with E-state index in [0.29, 0.717) is 22.9 Å². The number of anilines is 2. The van der Waals surface area contributed by atoms with Gasteiger partial charge in [0.25, 0.3) is 10.1 Å². The summed E-state index contributed by atoms with van der Waals surface area (Å²) in [5, 5.41) is 13.8. The molecular weight excluding hydrogens is 616 g/mol. The first kappa shape index (κ1) is 37.9. The van der Waals surface area contributed by atoms with Crippen molar-refractivity contribution in [3.63, 3.8) is 0 Å². The monoisotopic (exact) mass is 660 g/mol. The van der Waals surface area contributed by atoms with E-state index in [0.717, 1.165) is 5.56 Å². The third-order valence-corrected chi connectivity index (χ3v) is 6.59. The van der Waals surface area contributed by atoms with Gasteiger partial charge in [-0.25, -0.2) is 9.59 Å². The Bertz CT molecular complexity index is 1480. The standard InChI is InChI=1S/C20H25NO6S.C13H19NO4/c1-15-5-11-18(12-6-15)28(23,24)26-14-13-25-17-9-7-16(8-10-17)21-19(22)27-20(2,3)4;1-13(2,3)18-12(16)14-10-4-6-11(7-5-10)17-9-8-15/h5-12H,13-14H2,1-4H3,(H,21,22);4-7,15H,8-9H2,1-3H3,(H,14,16). The number of carbonyl (C=O) groups is 2. The number of hydrogen-bond donors (Lipinski definition) is 3. The molecule has 3 N–H and O–H groups in total. The fourth-order valence-corrected chi connectivity index (χ4v) is 4.24. The van der Waals surface area contributed by atoms with Crippen molar-refractivity contribution < 1.29 is 46.2 Å². The zero-order valence-electron chi connectivity index (χ0n) is 27.3. The van der Waals surface area contributed by atoms with Crippen LogP contribution in [0.2, 0.25) is 0 Å². The number of nitrogens with one attached hydrogen (secondary N) is 2. The highest BCUT2D eigenvalue weighted by atomic mass is 32.2. The minimum absolute atomic E-state index is 0.0299. The molecule has 3 rings (SSSR count). The molecule has 0 bridgehead atoms. The Kier molecular flexibility index (Phi) is 14.3. The molecule has 46 heavy (non-hydrogen) atoms. The Hall–Kier alpha value is -4.33. The Morgan fingerprint density at radius 2 is 1.07 bits per heavy atom. The molecule has 0 saturated carbocycles. The largest absolute Gasteiger partial charge is 0.491 e. The van der Waals surface area contributed by atoms with Crippen LogP contribution in [-0.2, 0) is 23.8 Å². The van der Waals surface area contributed by atoms with Gasteiger partial charge in [0.15, 0.2) is 0 Å². The van der Waals surface area contributed by atoms with E-state index < -0.39 is 33.5 Å². The van der Waals surface area contributed by atoms with Crippen molar-refractivity contribution in [2.45, 2.75) is 64.6 Å². The summed E-state index contributed by atoms with van der Waals surface area (Å²) in [4.78, 5) is 23.3. The van der Waals surface area contributed by atoms with Crippen LogP contribution in [0.5, 0.6) is 11.5 Å². The van der Waals surface area contributed by atoms with Gasteiger partial charge < -0.3 is 24.1 Å². The topological polar surface area (TPSA) is 159 Å². The van der Waals surface area contributed by atoms with Gasteiger partial charge in [-0.15, -0.1) is 0 Å². The first-order valence-electron chi connectivity index (χ1n) is 14.5. The third kappa shape index (κ3) is 15.6. The van der Waals surface area contributed by atoms with Crippen molar-refractivity contribution in [1.29, 1.82) is 0 Å². The van der Waals surface area contributed by atoms with Gasteiger partial charge in [-0.05, 0) is 109 Å². The summed E-state index contributed by atoms with van der Waals surface area (Å²) in [6.45, 7) is 12.8. The van der Waals surface area contributed by atoms with E-state index in [4.69, 9.17) is 28.2 Å². The minimum atomic E-state index is -3.81. The molecular formula is C33H44N2O10S. The highest BCUT2D eigenvalue weighted by Gasteiger charge is 2.17. The number of benzene rings is 3. The second-order valence-corrected chi connectivity index (χ2v) is 13.4. The molecule has 0 aliphatic rings. The molecule has 0 aliphatic carbocycles. The van der Waals surface area contributed by atoms with E-state index in [9.17, 15) is 18.0 Å². The van der Waals surface area contributed by atoms with E-state index in [1.807, 2.05) is 6.92 Å². The maximum absolute atomic E-state index is 12.1. The van der Waals surface area contributed by atoms with E-state index in [1.54, 1.807) is 102 Å². The SMILES string of the molecule is CC(C)(C)OC(=O)Nc1ccc(OCCO)cc1.Cc1ccc(S(=O)(=O)OCCOc2ccc(NC(=O)OC(C)(C)C)cc2)cc1. The van der Waals surface area contributed by atoms with Gasteiger partial charge >= 0.3 is 12.2 Å². The number of aliphatic hydroxyl groups is 1. The summed E-state index contributed by atoms with van der Waals surface area (Å²) in [5.74, 6) is 1.16. The van der Waals surface area contributed by atoms with Crippen molar-refractivity contribution >= 4 is 33.7 Å². The number of carbonyl (C=O) groups excluding carboxylic acids is 2. The summed E-state index contributed by atoms with van der Waals surface area (Å²) >= 11 is 0. The van der Waals surface area contributed by atoms with Gasteiger partial charge in [0.05, 0.1) is 11.5 Å². The lowest BCUT2D eigenvalue weighted by Gasteiger charge is -2.19. The molecule has 0 radical (unpaired) electrons. The fraction of sp³-hybridized carbons (Fsp3) is 0.394. The first-order chi connectivity index (χ1) is 21.5. The van der Waals surface area contributed by atoms with Crippen LogP contribution in [0.1, 0.15) is 47.1 Å². The van der Waals surface area contributed by atoms with E-state index in [2.05, 4.69) is 10.6 Å². The summed E-state index contributed by atoms with van der Waals surface area (Å²) in [6.07, 6.45) is -1.04. The number of amides is 2. The average molecular weight is 661 g/mol. The molecule has 0 atom stereocenters. The first-order valence-corrected chi connectivity index (χ1v) is 15.9. The average Bonchev–Trinajstić information content (AvgIpc) is 2.94. The molecule has 0 aromatic heterocycles. The van der Waals surface area contributed by atoms with Crippen LogP contribution >= 0.6 is 0 Å². The van der Waals surface area contributed by atoms with Crippen molar-refractivity contribution in [1.82, 2.24) is 0 Å². The van der Waals surface area contributed by atoms with Crippen molar-refractivity contribution in [3.8, 4) is 11.5 Å². The summed E-state index contributed by atoms with van der Waals surface area (Å²) in [6, 6.07) is 19.9. The molecule has 0 fully saturated rings. The van der Waals surface area contributed by atoms with E-state index >= 15 is 0 Å². The summed E-state index contributed by atoms with van der Waals surface area (Å²) in [5.41, 5.74) is 1.05. The van der Waals surface area contributed by atoms with Crippen molar-refractivity contribution in [2.24, 2.45) is 0 Å². The number of hydrogen-bond acceptors (Lipinski definition) is 10. The normalized spacial score (nSPS) is 11.4. The Balaban J connectivity index is 0.000000353. The van der Waals surface area contributed by atoms with Crippen molar-refractivity contribution in [3.05, 3.63) is 78.4 Å². The highest BCUT2D eigenvalue weighted by molar-refractivity contribution is 7.86. The molecule has 3 aromatic carbocycles. The maximum atomic E-state index is 12.1. The van der Waals surface area contributed by atoms with Gasteiger partial charge in [-0.3, -0.25) is 14.8 Å². The Labute approximate surface area is 271 Å². The second-order valence-electron chi connectivity index (χ2n) is 11.8. The van der Waals surface area contributed by atoms with Crippen LogP contribution in [0, 0.1) is 6.92 Å². The molecule has 13 heteroatoms. The molecule has 252 valence electrons. The number of ether oxygens (including phenoxy) is 4. The predicted molar refractivity (Wildman–Crippen MR) is 175 cm³/mol. The molecule has 0 unspecified atom stereocenters. The van der Waals surface area contributed by atoms with Gasteiger partial charge in [-0.1, -0.05) is 17.7 Å². The van der Waals surface area contributed by atoms with E-state index in [1.165, 1.54) is 12.1 Å². The molecule has 3 aromatic rings. The summed E-state index contributed by atoms with van der Waals surface area (Å²) in [7, 11) is -3.81. The van der Waals surface area contributed by atoms with Crippen LogP contribution in [0.4, 0.5) is 21.0 Å². The van der Waals surface area contributed by atoms with Gasteiger partial charge in [0, 0.05) is 11.4 Å². The Morgan fingerprint density at radius 1 is 0.652 bits per heavy atom. The second kappa shape index (κ2) is 17.4. The number of aryl methyl sites for hydroxylation is 1. The highest BCUT2D eigenvalue weighted by Crippen LogP contribution is 2.19. The lowest BCUT2D eigenvalue weighted by molar-refractivity contribution is 0.0624. The molecule has 0 heterocycles. The third-order valence-electron chi connectivity index (χ3n) is 5.26. The molecule has 2 amide bonds.